The van der Waals surface area contributed by atoms with Crippen LogP contribution in [0.25, 0.3) is 120 Å². The van der Waals surface area contributed by atoms with E-state index >= 15 is 0 Å². The minimum absolute atomic E-state index is 0.159. The SMILES string of the molecule is CC1(C)c2ccc3ccccc3c2-c2c1c1ccc(-c3c4ccccc4c(-c4ccc5oc6c7ccccc7ccc6c5c4)c4ccccc34)cc1c1ccccc21. The van der Waals surface area contributed by atoms with Crippen molar-refractivity contribution < 1.29 is 4.42 Å². The maximum absolute atomic E-state index is 6.55. The topological polar surface area (TPSA) is 13.1 Å². The number of hydrogen-bond donors (Lipinski definition) is 0. The molecule has 12 aromatic rings. The van der Waals surface area contributed by atoms with E-state index in [1.165, 1.54) is 104 Å². The van der Waals surface area contributed by atoms with Gasteiger partial charge in [-0.05, 0) is 128 Å². The Labute approximate surface area is 335 Å². The van der Waals surface area contributed by atoms with Gasteiger partial charge in [0.05, 0.1) is 0 Å². The van der Waals surface area contributed by atoms with E-state index < -0.39 is 0 Å². The molecule has 0 unspecified atom stereocenters. The summed E-state index contributed by atoms with van der Waals surface area (Å²) in [6.07, 6.45) is 0. The molecule has 1 aromatic heterocycles. The van der Waals surface area contributed by atoms with Crippen LogP contribution in [0.3, 0.4) is 0 Å². The molecule has 1 heteroatoms. The summed E-state index contributed by atoms with van der Waals surface area (Å²) in [5.41, 5.74) is 12.3. The van der Waals surface area contributed by atoms with Gasteiger partial charge >= 0.3 is 0 Å². The highest BCUT2D eigenvalue weighted by Gasteiger charge is 2.39. The van der Waals surface area contributed by atoms with Crippen LogP contribution in [0, 0.1) is 0 Å². The largest absolute Gasteiger partial charge is 0.455 e. The normalized spacial score (nSPS) is 13.5. The average Bonchev–Trinajstić information content (AvgIpc) is 3.77. The first-order valence-electron chi connectivity index (χ1n) is 20.3. The third-order valence-corrected chi connectivity index (χ3v) is 13.4. The zero-order valence-electron chi connectivity index (χ0n) is 32.2. The molecule has 0 atom stereocenters. The molecule has 1 heterocycles. The summed E-state index contributed by atoms with van der Waals surface area (Å²) in [6, 6.07) is 67.6. The Morgan fingerprint density at radius 2 is 0.810 bits per heavy atom. The van der Waals surface area contributed by atoms with Crippen LogP contribution in [0.1, 0.15) is 25.0 Å². The Balaban J connectivity index is 1.08. The predicted molar refractivity (Wildman–Crippen MR) is 247 cm³/mol. The monoisotopic (exact) mass is 736 g/mol. The van der Waals surface area contributed by atoms with Crippen LogP contribution in [0.4, 0.5) is 0 Å². The van der Waals surface area contributed by atoms with E-state index in [1.807, 2.05) is 0 Å². The Hall–Kier alpha value is -7.22. The van der Waals surface area contributed by atoms with Gasteiger partial charge in [-0.1, -0.05) is 172 Å². The Morgan fingerprint density at radius 1 is 0.328 bits per heavy atom. The third kappa shape index (κ3) is 4.15. The third-order valence-electron chi connectivity index (χ3n) is 13.4. The van der Waals surface area contributed by atoms with Crippen molar-refractivity contribution in [1.29, 1.82) is 0 Å². The van der Waals surface area contributed by atoms with Crippen molar-refractivity contribution in [3.63, 3.8) is 0 Å². The molecule has 0 radical (unpaired) electrons. The van der Waals surface area contributed by atoms with E-state index in [0.29, 0.717) is 0 Å². The smallest absolute Gasteiger partial charge is 0.143 e. The minimum Gasteiger partial charge on any atom is -0.455 e. The van der Waals surface area contributed by atoms with E-state index in [2.05, 4.69) is 196 Å². The lowest BCUT2D eigenvalue weighted by Crippen LogP contribution is -2.15. The maximum Gasteiger partial charge on any atom is 0.143 e. The van der Waals surface area contributed by atoms with Crippen molar-refractivity contribution in [2.75, 3.05) is 0 Å². The molecule has 58 heavy (non-hydrogen) atoms. The van der Waals surface area contributed by atoms with E-state index in [4.69, 9.17) is 4.42 Å². The highest BCUT2D eigenvalue weighted by molar-refractivity contribution is 6.25. The molecule has 0 fully saturated rings. The second-order valence-electron chi connectivity index (χ2n) is 16.7. The van der Waals surface area contributed by atoms with Crippen LogP contribution in [0.2, 0.25) is 0 Å². The van der Waals surface area contributed by atoms with Gasteiger partial charge in [0.1, 0.15) is 11.2 Å². The Bertz CT molecular complexity index is 3710. The van der Waals surface area contributed by atoms with Gasteiger partial charge in [0, 0.05) is 21.6 Å². The number of furan rings is 1. The summed E-state index contributed by atoms with van der Waals surface area (Å²) in [5, 5.41) is 17.5. The second-order valence-corrected chi connectivity index (χ2v) is 16.7. The fourth-order valence-corrected chi connectivity index (χ4v) is 10.9. The molecule has 1 aliphatic carbocycles. The Kier molecular flexibility index (Phi) is 6.29. The molecule has 13 rings (SSSR count). The van der Waals surface area contributed by atoms with Crippen LogP contribution in [-0.4, -0.2) is 0 Å². The molecule has 0 aliphatic heterocycles. The van der Waals surface area contributed by atoms with Gasteiger partial charge in [0.15, 0.2) is 0 Å². The first-order valence-corrected chi connectivity index (χ1v) is 20.3. The van der Waals surface area contributed by atoms with Crippen LogP contribution < -0.4 is 0 Å². The predicted octanol–water partition coefficient (Wildman–Crippen LogP) is 16.1. The van der Waals surface area contributed by atoms with Crippen LogP contribution in [0.5, 0.6) is 0 Å². The van der Waals surface area contributed by atoms with Crippen molar-refractivity contribution in [1.82, 2.24) is 0 Å². The van der Waals surface area contributed by atoms with Gasteiger partial charge in [-0.3, -0.25) is 0 Å². The average molecular weight is 737 g/mol. The van der Waals surface area contributed by atoms with Crippen LogP contribution in [0.15, 0.2) is 186 Å². The molecule has 0 amide bonds. The molecular formula is C57H36O. The quantitative estimate of drug-likeness (QED) is 0.127. The minimum atomic E-state index is -0.159. The highest BCUT2D eigenvalue weighted by atomic mass is 16.3. The summed E-state index contributed by atoms with van der Waals surface area (Å²) in [4.78, 5) is 0. The van der Waals surface area contributed by atoms with E-state index in [1.54, 1.807) is 0 Å². The first kappa shape index (κ1) is 31.9. The molecule has 1 aliphatic rings. The molecule has 1 nitrogen and oxygen atoms in total. The van der Waals surface area contributed by atoms with Gasteiger partial charge in [0.2, 0.25) is 0 Å². The summed E-state index contributed by atoms with van der Waals surface area (Å²) < 4.78 is 6.55. The van der Waals surface area contributed by atoms with Gasteiger partial charge < -0.3 is 4.42 Å². The number of benzene rings is 11. The second kappa shape index (κ2) is 11.4. The summed E-state index contributed by atoms with van der Waals surface area (Å²) in [6.45, 7) is 4.83. The molecule has 11 aromatic carbocycles. The maximum atomic E-state index is 6.55. The van der Waals surface area contributed by atoms with Gasteiger partial charge in [-0.2, -0.15) is 0 Å². The molecule has 270 valence electrons. The lowest BCUT2D eigenvalue weighted by molar-refractivity contribution is 0.667. The summed E-state index contributed by atoms with van der Waals surface area (Å²) in [7, 11) is 0. The fourth-order valence-electron chi connectivity index (χ4n) is 10.9. The number of fused-ring (bicyclic) bond motifs is 17. The zero-order chi connectivity index (χ0) is 38.3. The van der Waals surface area contributed by atoms with Crippen molar-refractivity contribution in [2.45, 2.75) is 19.3 Å². The summed E-state index contributed by atoms with van der Waals surface area (Å²) in [5.74, 6) is 0. The molecular weight excluding hydrogens is 701 g/mol. The van der Waals surface area contributed by atoms with Crippen LogP contribution in [-0.2, 0) is 5.41 Å². The van der Waals surface area contributed by atoms with Crippen LogP contribution >= 0.6 is 0 Å². The number of hydrogen-bond acceptors (Lipinski definition) is 1. The van der Waals surface area contributed by atoms with Crippen molar-refractivity contribution >= 4 is 86.6 Å². The van der Waals surface area contributed by atoms with E-state index in [9.17, 15) is 0 Å². The van der Waals surface area contributed by atoms with Crippen molar-refractivity contribution in [3.05, 3.63) is 193 Å². The van der Waals surface area contributed by atoms with Gasteiger partial charge in [-0.15, -0.1) is 0 Å². The lowest BCUT2D eigenvalue weighted by atomic mass is 9.78. The van der Waals surface area contributed by atoms with Crippen molar-refractivity contribution in [2.24, 2.45) is 0 Å². The molecule has 0 bridgehead atoms. The molecule has 0 saturated heterocycles. The summed E-state index contributed by atoms with van der Waals surface area (Å²) >= 11 is 0. The van der Waals surface area contributed by atoms with Gasteiger partial charge in [-0.25, -0.2) is 0 Å². The fraction of sp³-hybridized carbons (Fsp3) is 0.0526. The number of rotatable bonds is 2. The first-order chi connectivity index (χ1) is 28.5. The molecule has 0 spiro atoms. The zero-order valence-corrected chi connectivity index (χ0v) is 32.2. The standard InChI is InChI=1S/C57H36O/c1-57(2)49-29-25-33-13-3-5-15-37(33)53(49)54-40-18-8-7-17-39(40)47-31-35(24-27-45(47)55(54)57)51-41-19-9-11-21-43(41)52(44-22-12-10-20-42(44)51)36-26-30-50-48(32-36)46-28-23-34-14-4-6-16-38(34)56(46)58-50/h3-32H,1-2H3. The lowest BCUT2D eigenvalue weighted by Gasteiger charge is -2.24. The van der Waals surface area contributed by atoms with Gasteiger partial charge in [0.25, 0.3) is 0 Å². The molecule has 0 N–H and O–H groups in total. The molecule has 0 saturated carbocycles. The van der Waals surface area contributed by atoms with E-state index in [0.717, 1.165) is 27.3 Å². The van der Waals surface area contributed by atoms with Crippen molar-refractivity contribution in [3.8, 4) is 33.4 Å². The Morgan fingerprint density at radius 3 is 1.47 bits per heavy atom. The highest BCUT2D eigenvalue weighted by Crippen LogP contribution is 2.57. The van der Waals surface area contributed by atoms with E-state index in [-0.39, 0.29) is 5.41 Å².